The second-order valence-corrected chi connectivity index (χ2v) is 7.79. The van der Waals surface area contributed by atoms with E-state index in [2.05, 4.69) is 10.3 Å². The lowest BCUT2D eigenvalue weighted by molar-refractivity contribution is 0.102. The van der Waals surface area contributed by atoms with Crippen LogP contribution in [0, 0.1) is 0 Å². The highest BCUT2D eigenvalue weighted by Gasteiger charge is 2.18. The van der Waals surface area contributed by atoms with Gasteiger partial charge in [-0.2, -0.15) is 5.10 Å². The zero-order valence-electron chi connectivity index (χ0n) is 17.5. The molecule has 1 amide bonds. The van der Waals surface area contributed by atoms with Crippen LogP contribution < -0.4 is 5.32 Å². The Morgan fingerprint density at radius 3 is 2.03 bits per heavy atom. The molecule has 0 saturated carbocycles. The molecule has 2 heterocycles. The number of anilines is 1. The van der Waals surface area contributed by atoms with Gasteiger partial charge in [-0.1, -0.05) is 90.5 Å². The molecule has 0 fully saturated rings. The third-order valence-electron chi connectivity index (χ3n) is 5.14. The van der Waals surface area contributed by atoms with Gasteiger partial charge in [0.25, 0.3) is 5.91 Å². The molecule has 5 nitrogen and oxygen atoms in total. The average molecular weight is 451 g/mol. The van der Waals surface area contributed by atoms with Crippen molar-refractivity contribution in [1.29, 1.82) is 0 Å². The second-order valence-electron chi connectivity index (χ2n) is 7.38. The first-order chi connectivity index (χ1) is 16.2. The Bertz CT molecular complexity index is 1400. The summed E-state index contributed by atoms with van der Waals surface area (Å²) in [6, 6.07) is 34.5. The number of nitrogens with one attached hydrogen (secondary N) is 1. The Morgan fingerprint density at radius 2 is 1.36 bits per heavy atom. The number of aromatic nitrogens is 3. The highest BCUT2D eigenvalue weighted by molar-refractivity contribution is 6.34. The molecule has 0 aliphatic heterocycles. The van der Waals surface area contributed by atoms with Gasteiger partial charge in [-0.25, -0.2) is 9.67 Å². The number of para-hydroxylation sites is 1. The third kappa shape index (κ3) is 4.40. The highest BCUT2D eigenvalue weighted by atomic mass is 35.5. The number of nitrogens with zero attached hydrogens (tertiary/aromatic N) is 3. The summed E-state index contributed by atoms with van der Waals surface area (Å²) in [6.07, 6.45) is 0. The van der Waals surface area contributed by atoms with Gasteiger partial charge in [0, 0.05) is 16.8 Å². The van der Waals surface area contributed by atoms with Crippen LogP contribution in [0.25, 0.3) is 28.3 Å². The van der Waals surface area contributed by atoms with Crippen molar-refractivity contribution in [1.82, 2.24) is 14.8 Å². The van der Waals surface area contributed by atoms with Crippen LogP contribution in [0.5, 0.6) is 0 Å². The zero-order chi connectivity index (χ0) is 22.6. The van der Waals surface area contributed by atoms with Crippen LogP contribution in [0.3, 0.4) is 0 Å². The Kier molecular flexibility index (Phi) is 5.70. The molecule has 5 rings (SSSR count). The van der Waals surface area contributed by atoms with Crippen molar-refractivity contribution in [3.8, 4) is 28.3 Å². The minimum Gasteiger partial charge on any atom is -0.321 e. The van der Waals surface area contributed by atoms with Crippen molar-refractivity contribution < 1.29 is 4.79 Å². The lowest BCUT2D eigenvalue weighted by Crippen LogP contribution is -2.16. The molecule has 0 spiro atoms. The highest BCUT2D eigenvalue weighted by Crippen LogP contribution is 2.29. The van der Waals surface area contributed by atoms with Gasteiger partial charge >= 0.3 is 0 Å². The fourth-order valence-electron chi connectivity index (χ4n) is 3.54. The predicted octanol–water partition coefficient (Wildman–Crippen LogP) is 6.51. The van der Waals surface area contributed by atoms with Crippen LogP contribution in [-0.4, -0.2) is 20.7 Å². The standard InChI is InChI=1S/C27H19ClN4O/c28-22-16-17-25(30-26(22)27(33)29-21-14-8-3-9-15-21)32-24(20-12-6-2-7-13-20)18-23(31-32)19-10-4-1-5-11-19/h1-18H,(H,29,33). The Labute approximate surface area is 196 Å². The van der Waals surface area contributed by atoms with Gasteiger partial charge in [-0.05, 0) is 30.3 Å². The number of amides is 1. The average Bonchev–Trinajstić information content (AvgIpc) is 3.32. The van der Waals surface area contributed by atoms with Gasteiger partial charge in [0.1, 0.15) is 5.69 Å². The van der Waals surface area contributed by atoms with Crippen LogP contribution in [0.1, 0.15) is 10.5 Å². The summed E-state index contributed by atoms with van der Waals surface area (Å²) in [5.74, 6) is 0.114. The summed E-state index contributed by atoms with van der Waals surface area (Å²) in [7, 11) is 0. The number of hydrogen-bond acceptors (Lipinski definition) is 3. The van der Waals surface area contributed by atoms with E-state index in [1.54, 1.807) is 16.8 Å². The SMILES string of the molecule is O=C(Nc1ccccc1)c1nc(-n2nc(-c3ccccc3)cc2-c2ccccc2)ccc1Cl. The molecular weight excluding hydrogens is 432 g/mol. The van der Waals surface area contributed by atoms with Gasteiger partial charge in [-0.3, -0.25) is 4.79 Å². The number of hydrogen-bond donors (Lipinski definition) is 1. The molecule has 0 bridgehead atoms. The van der Waals surface area contributed by atoms with E-state index in [1.165, 1.54) is 0 Å². The first-order valence-electron chi connectivity index (χ1n) is 10.4. The molecule has 0 atom stereocenters. The minimum atomic E-state index is -0.384. The monoisotopic (exact) mass is 450 g/mol. The normalized spacial score (nSPS) is 10.7. The maximum absolute atomic E-state index is 12.9. The van der Waals surface area contributed by atoms with Gasteiger partial charge in [0.2, 0.25) is 0 Å². The number of carbonyl (C=O) groups excluding carboxylic acids is 1. The van der Waals surface area contributed by atoms with Crippen molar-refractivity contribution >= 4 is 23.2 Å². The van der Waals surface area contributed by atoms with Crippen molar-refractivity contribution in [2.45, 2.75) is 0 Å². The van der Waals surface area contributed by atoms with Crippen LogP contribution in [0.15, 0.2) is 109 Å². The summed E-state index contributed by atoms with van der Waals surface area (Å²) in [5.41, 5.74) is 4.44. The van der Waals surface area contributed by atoms with Gasteiger partial charge in [0.15, 0.2) is 5.82 Å². The molecule has 2 aromatic heterocycles. The van der Waals surface area contributed by atoms with Crippen LogP contribution in [0.2, 0.25) is 5.02 Å². The lowest BCUT2D eigenvalue weighted by Gasteiger charge is -2.10. The molecule has 0 aliphatic rings. The fraction of sp³-hybridized carbons (Fsp3) is 0. The van der Waals surface area contributed by atoms with Crippen molar-refractivity contribution in [3.05, 3.63) is 120 Å². The second kappa shape index (κ2) is 9.10. The van der Waals surface area contributed by atoms with Crippen LogP contribution in [-0.2, 0) is 0 Å². The third-order valence-corrected chi connectivity index (χ3v) is 5.45. The molecule has 5 aromatic rings. The van der Waals surface area contributed by atoms with E-state index in [9.17, 15) is 4.79 Å². The zero-order valence-corrected chi connectivity index (χ0v) is 18.3. The minimum absolute atomic E-state index is 0.133. The molecule has 3 aromatic carbocycles. The molecule has 6 heteroatoms. The smallest absolute Gasteiger partial charge is 0.275 e. The number of halogens is 1. The van der Waals surface area contributed by atoms with Crippen LogP contribution in [0.4, 0.5) is 5.69 Å². The number of pyridine rings is 1. The predicted molar refractivity (Wildman–Crippen MR) is 132 cm³/mol. The summed E-state index contributed by atoms with van der Waals surface area (Å²) in [5, 5.41) is 7.93. The largest absolute Gasteiger partial charge is 0.321 e. The van der Waals surface area contributed by atoms with E-state index in [0.29, 0.717) is 11.5 Å². The first kappa shape index (κ1) is 20.7. The van der Waals surface area contributed by atoms with Crippen molar-refractivity contribution in [3.63, 3.8) is 0 Å². The molecular formula is C27H19ClN4O. The topological polar surface area (TPSA) is 59.8 Å². The molecule has 33 heavy (non-hydrogen) atoms. The Hall–Kier alpha value is -4.22. The summed E-state index contributed by atoms with van der Waals surface area (Å²) in [6.45, 7) is 0. The lowest BCUT2D eigenvalue weighted by atomic mass is 10.1. The van der Waals surface area contributed by atoms with Gasteiger partial charge in [0.05, 0.1) is 16.4 Å². The van der Waals surface area contributed by atoms with E-state index in [-0.39, 0.29) is 16.6 Å². The molecule has 1 N–H and O–H groups in total. The maximum Gasteiger partial charge on any atom is 0.275 e. The summed E-state index contributed by atoms with van der Waals surface area (Å²) in [4.78, 5) is 17.5. The first-order valence-corrected chi connectivity index (χ1v) is 10.8. The number of rotatable bonds is 5. The Balaban J connectivity index is 1.59. The van der Waals surface area contributed by atoms with Gasteiger partial charge in [-0.15, -0.1) is 0 Å². The van der Waals surface area contributed by atoms with E-state index < -0.39 is 0 Å². The number of benzene rings is 3. The summed E-state index contributed by atoms with van der Waals surface area (Å²) < 4.78 is 1.74. The Morgan fingerprint density at radius 1 is 0.758 bits per heavy atom. The van der Waals surface area contributed by atoms with Crippen molar-refractivity contribution in [2.24, 2.45) is 0 Å². The fourth-order valence-corrected chi connectivity index (χ4v) is 3.73. The molecule has 0 saturated heterocycles. The van der Waals surface area contributed by atoms with E-state index in [1.807, 2.05) is 97.1 Å². The van der Waals surface area contributed by atoms with E-state index in [4.69, 9.17) is 16.7 Å². The molecule has 160 valence electrons. The van der Waals surface area contributed by atoms with Crippen molar-refractivity contribution in [2.75, 3.05) is 5.32 Å². The molecule has 0 radical (unpaired) electrons. The van der Waals surface area contributed by atoms with E-state index in [0.717, 1.165) is 22.5 Å². The number of carbonyl (C=O) groups is 1. The molecule has 0 aliphatic carbocycles. The van der Waals surface area contributed by atoms with Gasteiger partial charge < -0.3 is 5.32 Å². The summed E-state index contributed by atoms with van der Waals surface area (Å²) >= 11 is 6.35. The quantitative estimate of drug-likeness (QED) is 0.332. The maximum atomic E-state index is 12.9. The van der Waals surface area contributed by atoms with Crippen LogP contribution >= 0.6 is 11.6 Å². The molecule has 0 unspecified atom stereocenters. The van der Waals surface area contributed by atoms with E-state index >= 15 is 0 Å².